The van der Waals surface area contributed by atoms with E-state index < -0.39 is 18.1 Å². The van der Waals surface area contributed by atoms with Gasteiger partial charge in [0.05, 0.1) is 6.04 Å². The molecule has 7 heteroatoms. The number of hydrogen-bond donors (Lipinski definition) is 2. The number of carbonyl (C=O) groups excluding carboxylic acids is 1. The van der Waals surface area contributed by atoms with E-state index in [2.05, 4.69) is 0 Å². The van der Waals surface area contributed by atoms with Gasteiger partial charge in [0.2, 0.25) is 0 Å². The molecular formula is C11H10F3NO3. The van der Waals surface area contributed by atoms with Gasteiger partial charge in [0.25, 0.3) is 0 Å². The lowest BCUT2D eigenvalue weighted by molar-refractivity contribution is -0.174. The van der Waals surface area contributed by atoms with Crippen LogP contribution in [-0.4, -0.2) is 29.8 Å². The second-order valence-corrected chi connectivity index (χ2v) is 3.94. The topological polar surface area (TPSA) is 58.6 Å². The molecule has 0 radical (unpaired) electrons. The summed E-state index contributed by atoms with van der Waals surface area (Å²) in [5, 5.41) is 11.4. The number of fused-ring (bicyclic) bond motifs is 1. The smallest absolute Gasteiger partial charge is 0.471 e. The Morgan fingerprint density at radius 3 is 2.83 bits per heavy atom. The minimum Gasteiger partial charge on any atom is -0.508 e. The Morgan fingerprint density at radius 1 is 1.44 bits per heavy atom. The first-order valence-corrected chi connectivity index (χ1v) is 5.19. The Morgan fingerprint density at radius 2 is 2.17 bits per heavy atom. The van der Waals surface area contributed by atoms with E-state index in [9.17, 15) is 23.1 Å². The molecule has 0 aliphatic carbocycles. The summed E-state index contributed by atoms with van der Waals surface area (Å²) in [5.74, 6) is -1.64. The van der Waals surface area contributed by atoms with Crippen molar-refractivity contribution in [3.8, 4) is 11.5 Å². The Balaban J connectivity index is 2.09. The third-order valence-electron chi connectivity index (χ3n) is 2.59. The summed E-state index contributed by atoms with van der Waals surface area (Å²) < 4.78 is 41.4. The molecular weight excluding hydrogens is 251 g/mol. The maximum absolute atomic E-state index is 12.1. The van der Waals surface area contributed by atoms with E-state index in [-0.39, 0.29) is 18.8 Å². The normalized spacial score (nSPS) is 18.7. The van der Waals surface area contributed by atoms with Crippen molar-refractivity contribution >= 4 is 5.91 Å². The molecule has 1 aromatic rings. The van der Waals surface area contributed by atoms with Crippen LogP contribution in [0, 0.1) is 0 Å². The lowest BCUT2D eigenvalue weighted by atomic mass is 10.0. The molecule has 1 aromatic carbocycles. The fourth-order valence-electron chi connectivity index (χ4n) is 1.75. The van der Waals surface area contributed by atoms with Gasteiger partial charge in [-0.25, -0.2) is 0 Å². The van der Waals surface area contributed by atoms with Gasteiger partial charge < -0.3 is 15.2 Å². The molecule has 98 valence electrons. The zero-order chi connectivity index (χ0) is 13.3. The summed E-state index contributed by atoms with van der Waals surface area (Å²) in [6.07, 6.45) is -4.82. The van der Waals surface area contributed by atoms with Gasteiger partial charge in [-0.1, -0.05) is 6.07 Å². The summed E-state index contributed by atoms with van der Waals surface area (Å²) in [4.78, 5) is 10.8. The fourth-order valence-corrected chi connectivity index (χ4v) is 1.75. The van der Waals surface area contributed by atoms with Crippen molar-refractivity contribution in [3.05, 3.63) is 23.8 Å². The monoisotopic (exact) mass is 261 g/mol. The molecule has 18 heavy (non-hydrogen) atoms. The molecule has 0 saturated carbocycles. The molecule has 0 aromatic heterocycles. The van der Waals surface area contributed by atoms with Gasteiger partial charge >= 0.3 is 12.1 Å². The lowest BCUT2D eigenvalue weighted by Crippen LogP contribution is -2.47. The van der Waals surface area contributed by atoms with Crippen molar-refractivity contribution in [1.29, 1.82) is 0 Å². The van der Waals surface area contributed by atoms with Crippen LogP contribution in [0.3, 0.4) is 0 Å². The van der Waals surface area contributed by atoms with E-state index in [1.165, 1.54) is 6.07 Å². The molecule has 0 spiro atoms. The standard InChI is InChI=1S/C11H10F3NO3/c12-11(13,14)10(17)15-6-4-7-8(16)2-1-3-9(7)18-5-6/h1-3,6,16H,4-5H2,(H,15,17)/t6-/m0/s1. The van der Waals surface area contributed by atoms with E-state index in [0.29, 0.717) is 11.3 Å². The van der Waals surface area contributed by atoms with E-state index in [4.69, 9.17) is 4.74 Å². The van der Waals surface area contributed by atoms with Crippen molar-refractivity contribution in [2.75, 3.05) is 6.61 Å². The lowest BCUT2D eigenvalue weighted by Gasteiger charge is -2.26. The molecule has 0 saturated heterocycles. The first-order chi connectivity index (χ1) is 8.38. The van der Waals surface area contributed by atoms with Gasteiger partial charge in [0.15, 0.2) is 0 Å². The Kier molecular flexibility index (Phi) is 3.06. The molecule has 0 bridgehead atoms. The van der Waals surface area contributed by atoms with Crippen LogP contribution >= 0.6 is 0 Å². The first kappa shape index (κ1) is 12.5. The van der Waals surface area contributed by atoms with Crippen molar-refractivity contribution in [3.63, 3.8) is 0 Å². The number of ether oxygens (including phenoxy) is 1. The van der Waals surface area contributed by atoms with E-state index >= 15 is 0 Å². The Hall–Kier alpha value is -1.92. The van der Waals surface area contributed by atoms with Crippen molar-refractivity contribution in [1.82, 2.24) is 5.32 Å². The fraction of sp³-hybridized carbons (Fsp3) is 0.364. The third kappa shape index (κ3) is 2.49. The molecule has 0 fully saturated rings. The largest absolute Gasteiger partial charge is 0.508 e. The first-order valence-electron chi connectivity index (χ1n) is 5.19. The van der Waals surface area contributed by atoms with Gasteiger partial charge in [-0.15, -0.1) is 0 Å². The summed E-state index contributed by atoms with van der Waals surface area (Å²) in [7, 11) is 0. The van der Waals surface area contributed by atoms with Crippen molar-refractivity contribution < 1.29 is 27.8 Å². The number of halogens is 3. The zero-order valence-electron chi connectivity index (χ0n) is 9.12. The highest BCUT2D eigenvalue weighted by atomic mass is 19.4. The highest BCUT2D eigenvalue weighted by Gasteiger charge is 2.40. The van der Waals surface area contributed by atoms with Crippen molar-refractivity contribution in [2.45, 2.75) is 18.6 Å². The maximum atomic E-state index is 12.1. The number of benzene rings is 1. The Bertz CT molecular complexity index is 473. The molecule has 1 atom stereocenters. The van der Waals surface area contributed by atoms with Crippen LogP contribution in [0.5, 0.6) is 11.5 Å². The highest BCUT2D eigenvalue weighted by molar-refractivity contribution is 5.82. The predicted octanol–water partition coefficient (Wildman–Crippen LogP) is 1.37. The summed E-state index contributed by atoms with van der Waals surface area (Å²) in [6, 6.07) is 3.79. The number of alkyl halides is 3. The van der Waals surface area contributed by atoms with Gasteiger partial charge in [-0.3, -0.25) is 4.79 Å². The Labute approximate surface area is 100 Å². The molecule has 1 aliphatic heterocycles. The molecule has 2 rings (SSSR count). The van der Waals surface area contributed by atoms with Gasteiger partial charge in [-0.2, -0.15) is 13.2 Å². The highest BCUT2D eigenvalue weighted by Crippen LogP contribution is 2.32. The molecule has 0 unspecified atom stereocenters. The summed E-state index contributed by atoms with van der Waals surface area (Å²) >= 11 is 0. The average molecular weight is 261 g/mol. The third-order valence-corrected chi connectivity index (χ3v) is 2.59. The van der Waals surface area contributed by atoms with Gasteiger partial charge in [-0.05, 0) is 12.1 Å². The molecule has 1 heterocycles. The SMILES string of the molecule is O=C(N[C@@H]1COc2cccc(O)c2C1)C(F)(F)F. The molecule has 4 nitrogen and oxygen atoms in total. The van der Waals surface area contributed by atoms with Crippen LogP contribution in [0.25, 0.3) is 0 Å². The maximum Gasteiger partial charge on any atom is 0.471 e. The van der Waals surface area contributed by atoms with E-state index in [1.54, 1.807) is 12.1 Å². The minimum absolute atomic E-state index is 0.0570. The quantitative estimate of drug-likeness (QED) is 0.802. The number of phenolic OH excluding ortho intramolecular Hbond substituents is 1. The van der Waals surface area contributed by atoms with Crippen LogP contribution in [0.1, 0.15) is 5.56 Å². The number of hydrogen-bond acceptors (Lipinski definition) is 3. The van der Waals surface area contributed by atoms with Crippen LogP contribution in [0.2, 0.25) is 0 Å². The van der Waals surface area contributed by atoms with E-state index in [0.717, 1.165) is 0 Å². The van der Waals surface area contributed by atoms with E-state index in [1.807, 2.05) is 5.32 Å². The summed E-state index contributed by atoms with van der Waals surface area (Å²) in [6.45, 7) is -0.0573. The number of amides is 1. The second-order valence-electron chi connectivity index (χ2n) is 3.94. The van der Waals surface area contributed by atoms with Gasteiger partial charge in [0.1, 0.15) is 18.1 Å². The average Bonchev–Trinajstić information content (AvgIpc) is 2.29. The number of aromatic hydroxyl groups is 1. The van der Waals surface area contributed by atoms with Crippen molar-refractivity contribution in [2.24, 2.45) is 0 Å². The minimum atomic E-state index is -4.92. The number of rotatable bonds is 1. The second kappa shape index (κ2) is 4.40. The van der Waals surface area contributed by atoms with Crippen LogP contribution < -0.4 is 10.1 Å². The molecule has 1 aliphatic rings. The number of nitrogens with one attached hydrogen (secondary N) is 1. The van der Waals surface area contributed by atoms with Crippen LogP contribution in [0.15, 0.2) is 18.2 Å². The number of carbonyl (C=O) groups is 1. The summed E-state index contributed by atoms with van der Waals surface area (Å²) in [5.41, 5.74) is 0.399. The molecule has 2 N–H and O–H groups in total. The molecule has 1 amide bonds. The van der Waals surface area contributed by atoms with Crippen LogP contribution in [0.4, 0.5) is 13.2 Å². The zero-order valence-corrected chi connectivity index (χ0v) is 9.12. The predicted molar refractivity (Wildman–Crippen MR) is 55.3 cm³/mol. The van der Waals surface area contributed by atoms with Crippen LogP contribution in [-0.2, 0) is 11.2 Å². The van der Waals surface area contributed by atoms with Gasteiger partial charge in [0, 0.05) is 12.0 Å². The number of phenols is 1.